The Kier molecular flexibility index (Phi) is 9.97. The number of amides is 2. The van der Waals surface area contributed by atoms with Crippen LogP contribution in [0.4, 0.5) is 31.1 Å². The molecule has 280 valence electrons. The Hall–Kier alpha value is -4.60. The van der Waals surface area contributed by atoms with Crippen molar-refractivity contribution in [1.82, 2.24) is 13.9 Å². The first-order valence-corrected chi connectivity index (χ1v) is 18.1. The summed E-state index contributed by atoms with van der Waals surface area (Å²) in [5.41, 5.74) is -4.33. The van der Waals surface area contributed by atoms with Crippen LogP contribution in [0.2, 0.25) is 0 Å². The number of methoxy groups -OCH3 is 1. The number of benzene rings is 2. The third-order valence-electron chi connectivity index (χ3n) is 8.63. The molecular weight excluding hydrogens is 748 g/mol. The van der Waals surface area contributed by atoms with Gasteiger partial charge in [0.05, 0.1) is 24.9 Å². The standard InChI is InChI=1S/C31H30F6N5O8S2/c1-17(2)26(38)28(43)42(29(44)49-3)12-4-5-25(42)27-40-24(16-41(27)51(45,46)30(32,33)34)19-8-6-18(7-9-19)21-13-20-10-11-22(14-23(20)39-15-21)50-52(47,48)31(35,36)37/h6-11,13-17,25-26H,4-5,12,38H2,1-3H3/q+1/t25-,26-,42?/m0/s1. The van der Waals surface area contributed by atoms with Gasteiger partial charge in [-0.25, -0.2) is 13.8 Å². The molecule has 1 fully saturated rings. The molecule has 2 aromatic heterocycles. The maximum atomic E-state index is 14.0. The Morgan fingerprint density at radius 3 is 2.15 bits per heavy atom. The largest absolute Gasteiger partial charge is 0.534 e. The number of fused-ring (bicyclic) bond motifs is 1. The van der Waals surface area contributed by atoms with E-state index in [1.54, 1.807) is 19.9 Å². The summed E-state index contributed by atoms with van der Waals surface area (Å²) in [5.74, 6) is -2.69. The predicted molar refractivity (Wildman–Crippen MR) is 172 cm³/mol. The molecule has 3 atom stereocenters. The minimum atomic E-state index is -6.13. The number of aromatic nitrogens is 3. The molecule has 1 aliphatic rings. The number of nitrogens with zero attached hydrogens (tertiary/aromatic N) is 4. The van der Waals surface area contributed by atoms with E-state index in [1.165, 1.54) is 36.5 Å². The Balaban J connectivity index is 1.54. The number of quaternary nitrogens is 1. The van der Waals surface area contributed by atoms with Crippen LogP contribution in [0.25, 0.3) is 33.3 Å². The van der Waals surface area contributed by atoms with Crippen molar-refractivity contribution in [2.45, 2.75) is 49.8 Å². The molecule has 4 aromatic rings. The number of likely N-dealkylation sites (tertiary alicyclic amines) is 1. The summed E-state index contributed by atoms with van der Waals surface area (Å²) >= 11 is 0. The molecule has 2 amide bonds. The summed E-state index contributed by atoms with van der Waals surface area (Å²) < 4.78 is 136. The van der Waals surface area contributed by atoms with Gasteiger partial charge in [-0.05, 0) is 29.7 Å². The SMILES string of the molecule is COC(=O)[N+]1(C(=O)[C@@H](N)C(C)C)CCC[C@H]1c1nc(-c2ccc(-c3cnc4cc(OS(=O)(=O)C(F)(F)F)ccc4c3)cc2)cn1S(=O)(=O)C(F)(F)F. The average molecular weight is 779 g/mol. The highest BCUT2D eigenvalue weighted by Gasteiger charge is 2.61. The molecular formula is C31H30F6N5O8S2+. The number of nitrogens with two attached hydrogens (primary N) is 1. The number of hydrogen-bond donors (Lipinski definition) is 1. The summed E-state index contributed by atoms with van der Waals surface area (Å²) in [4.78, 5) is 35.4. The number of hydrogen-bond acceptors (Lipinski definition) is 11. The van der Waals surface area contributed by atoms with Crippen LogP contribution in [0.5, 0.6) is 5.75 Å². The molecule has 0 saturated carbocycles. The first kappa shape index (κ1) is 38.6. The van der Waals surface area contributed by atoms with Gasteiger partial charge < -0.3 is 14.7 Å². The number of imidazole rings is 1. The van der Waals surface area contributed by atoms with Crippen LogP contribution in [0.15, 0.2) is 60.9 Å². The maximum Gasteiger partial charge on any atom is 0.534 e. The number of carbonyl (C=O) groups is 2. The zero-order valence-corrected chi connectivity index (χ0v) is 29.0. The molecule has 2 N–H and O–H groups in total. The lowest BCUT2D eigenvalue weighted by molar-refractivity contribution is -0.802. The van der Waals surface area contributed by atoms with Crippen molar-refractivity contribution in [2.75, 3.05) is 13.7 Å². The van der Waals surface area contributed by atoms with Crippen molar-refractivity contribution >= 4 is 43.0 Å². The number of alkyl halides is 6. The molecule has 0 spiro atoms. The molecule has 1 saturated heterocycles. The Bertz CT molecular complexity index is 2260. The van der Waals surface area contributed by atoms with Crippen LogP contribution in [0, 0.1) is 5.92 Å². The van der Waals surface area contributed by atoms with Gasteiger partial charge in [0.1, 0.15) is 11.8 Å². The van der Waals surface area contributed by atoms with Gasteiger partial charge in [0.25, 0.3) is 0 Å². The number of pyridine rings is 1. The number of ether oxygens (including phenoxy) is 1. The fourth-order valence-electron chi connectivity index (χ4n) is 5.88. The summed E-state index contributed by atoms with van der Waals surface area (Å²) in [7, 11) is -11.0. The normalized spacial score (nSPS) is 19.2. The highest BCUT2D eigenvalue weighted by atomic mass is 32.2. The minimum absolute atomic E-state index is 0.0679. The molecule has 1 unspecified atom stereocenters. The number of imide groups is 1. The molecule has 2 aromatic carbocycles. The molecule has 0 radical (unpaired) electrons. The van der Waals surface area contributed by atoms with Gasteiger partial charge in [-0.1, -0.05) is 38.1 Å². The van der Waals surface area contributed by atoms with Gasteiger partial charge in [-0.3, -0.25) is 4.98 Å². The molecule has 0 bridgehead atoms. The van der Waals surface area contributed by atoms with Crippen LogP contribution in [-0.4, -0.2) is 78.0 Å². The molecule has 0 aliphatic carbocycles. The lowest BCUT2D eigenvalue weighted by atomic mass is 10.0. The van der Waals surface area contributed by atoms with Crippen molar-refractivity contribution in [1.29, 1.82) is 0 Å². The predicted octanol–water partition coefficient (Wildman–Crippen LogP) is 5.62. The van der Waals surface area contributed by atoms with Gasteiger partial charge in [0, 0.05) is 47.8 Å². The highest BCUT2D eigenvalue weighted by molar-refractivity contribution is 7.90. The van der Waals surface area contributed by atoms with Crippen LogP contribution < -0.4 is 9.92 Å². The van der Waals surface area contributed by atoms with E-state index in [-0.39, 0.29) is 40.1 Å². The zero-order valence-electron chi connectivity index (χ0n) is 27.3. The van der Waals surface area contributed by atoms with E-state index in [4.69, 9.17) is 10.5 Å². The Morgan fingerprint density at radius 2 is 1.58 bits per heavy atom. The van der Waals surface area contributed by atoms with Crippen molar-refractivity contribution in [3.8, 4) is 28.1 Å². The van der Waals surface area contributed by atoms with Crippen molar-refractivity contribution in [2.24, 2.45) is 11.7 Å². The molecule has 5 rings (SSSR count). The highest BCUT2D eigenvalue weighted by Crippen LogP contribution is 2.43. The average Bonchev–Trinajstić information content (AvgIpc) is 3.72. The van der Waals surface area contributed by atoms with Crippen LogP contribution in [0.1, 0.15) is 38.6 Å². The van der Waals surface area contributed by atoms with Crippen LogP contribution in [-0.2, 0) is 29.7 Å². The second-order valence-electron chi connectivity index (χ2n) is 12.2. The third kappa shape index (κ3) is 6.72. The lowest BCUT2D eigenvalue weighted by Crippen LogP contribution is -2.62. The second-order valence-corrected chi connectivity index (χ2v) is 15.5. The van der Waals surface area contributed by atoms with E-state index >= 15 is 0 Å². The number of carbonyl (C=O) groups excluding carboxylic acids is 2. The van der Waals surface area contributed by atoms with Crippen molar-refractivity contribution < 1.29 is 66.2 Å². The smallest absolute Gasteiger partial charge is 0.423 e. The van der Waals surface area contributed by atoms with Crippen molar-refractivity contribution in [3.05, 3.63) is 66.7 Å². The monoisotopic (exact) mass is 778 g/mol. The summed E-state index contributed by atoms with van der Waals surface area (Å²) in [5, 5.41) is 0.384. The molecule has 21 heteroatoms. The summed E-state index contributed by atoms with van der Waals surface area (Å²) in [6.45, 7) is 2.99. The van der Waals surface area contributed by atoms with E-state index in [0.29, 0.717) is 22.7 Å². The van der Waals surface area contributed by atoms with Gasteiger partial charge in [0.2, 0.25) is 0 Å². The van der Waals surface area contributed by atoms with Gasteiger partial charge in [-0.15, -0.1) is 4.48 Å². The van der Waals surface area contributed by atoms with Crippen LogP contribution in [0.3, 0.4) is 0 Å². The number of rotatable bonds is 8. The lowest BCUT2D eigenvalue weighted by Gasteiger charge is -2.35. The van der Waals surface area contributed by atoms with Gasteiger partial charge >= 0.3 is 43.2 Å². The van der Waals surface area contributed by atoms with E-state index in [1.807, 2.05) is 0 Å². The Labute approximate surface area is 292 Å². The Morgan fingerprint density at radius 1 is 0.942 bits per heavy atom. The van der Waals surface area contributed by atoms with E-state index in [2.05, 4.69) is 14.2 Å². The second kappa shape index (κ2) is 13.4. The fourth-order valence-corrected chi connectivity index (χ4v) is 7.21. The molecule has 3 heterocycles. The summed E-state index contributed by atoms with van der Waals surface area (Å²) in [6, 6.07) is 7.98. The van der Waals surface area contributed by atoms with E-state index in [0.717, 1.165) is 19.2 Å². The molecule has 52 heavy (non-hydrogen) atoms. The zero-order chi connectivity index (χ0) is 38.6. The van der Waals surface area contributed by atoms with Gasteiger partial charge in [0.15, 0.2) is 11.9 Å². The summed E-state index contributed by atoms with van der Waals surface area (Å²) in [6.07, 6.45) is 0.869. The number of halogens is 6. The van der Waals surface area contributed by atoms with E-state index < -0.39 is 77.2 Å². The van der Waals surface area contributed by atoms with Crippen molar-refractivity contribution in [3.63, 3.8) is 0 Å². The molecule has 1 aliphatic heterocycles. The molecule has 13 nitrogen and oxygen atoms in total. The fraction of sp³-hybridized carbons (Fsp3) is 0.355. The minimum Gasteiger partial charge on any atom is -0.423 e. The quantitative estimate of drug-likeness (QED) is 0.102. The topological polar surface area (TPSA) is 178 Å². The van der Waals surface area contributed by atoms with Gasteiger partial charge in [-0.2, -0.15) is 48.0 Å². The van der Waals surface area contributed by atoms with Crippen LogP contribution >= 0.6 is 0 Å². The third-order valence-corrected chi connectivity index (χ3v) is 11.0. The first-order chi connectivity index (χ1) is 24.0. The first-order valence-electron chi connectivity index (χ1n) is 15.2. The van der Waals surface area contributed by atoms with E-state index in [9.17, 15) is 52.8 Å². The maximum absolute atomic E-state index is 14.0.